The lowest BCUT2D eigenvalue weighted by molar-refractivity contribution is 0.0955. The Morgan fingerprint density at radius 3 is 2.44 bits per heavy atom. The number of carbonyl (C=O) groups is 1. The molecule has 1 aromatic carbocycles. The van der Waals surface area contributed by atoms with E-state index in [0.29, 0.717) is 24.5 Å². The third-order valence-corrected chi connectivity index (χ3v) is 4.78. The first-order chi connectivity index (χ1) is 13.2. The van der Waals surface area contributed by atoms with E-state index in [1.54, 1.807) is 11.3 Å². The van der Waals surface area contributed by atoms with Crippen LogP contribution in [0.1, 0.15) is 23.1 Å². The minimum absolute atomic E-state index is 0.0817. The summed E-state index contributed by atoms with van der Waals surface area (Å²) >= 11 is 1.69. The molecule has 0 saturated heterocycles. The van der Waals surface area contributed by atoms with Crippen LogP contribution in [0.3, 0.4) is 0 Å². The number of hydrogen-bond acceptors (Lipinski definition) is 6. The highest BCUT2D eigenvalue weighted by Gasteiger charge is 2.06. The third kappa shape index (κ3) is 5.27. The molecule has 7 heteroatoms. The van der Waals surface area contributed by atoms with Crippen LogP contribution in [-0.4, -0.2) is 35.5 Å². The number of nitrogens with one attached hydrogen (secondary N) is 3. The molecular weight excluding hydrogens is 358 g/mol. The molecule has 3 N–H and O–H groups in total. The molecule has 2 aromatic heterocycles. The van der Waals surface area contributed by atoms with Crippen LogP contribution >= 0.6 is 11.3 Å². The maximum absolute atomic E-state index is 12.3. The molecule has 0 spiro atoms. The predicted octanol–water partition coefficient (Wildman–Crippen LogP) is 3.79. The molecule has 0 saturated carbocycles. The van der Waals surface area contributed by atoms with Crippen LogP contribution in [-0.2, 0) is 0 Å². The summed E-state index contributed by atoms with van der Waals surface area (Å²) in [5.74, 6) is 2.16. The maximum Gasteiger partial charge on any atom is 0.251 e. The molecule has 0 bridgehead atoms. The highest BCUT2D eigenvalue weighted by molar-refractivity contribution is 7.13. The van der Waals surface area contributed by atoms with Crippen LogP contribution in [0.2, 0.25) is 0 Å². The normalized spacial score (nSPS) is 10.4. The zero-order valence-corrected chi connectivity index (χ0v) is 16.3. The van der Waals surface area contributed by atoms with Gasteiger partial charge in [0.15, 0.2) is 0 Å². The molecular formula is C20H23N5OS. The molecule has 140 valence electrons. The average Bonchev–Trinajstić information content (AvgIpc) is 3.20. The number of aromatic nitrogens is 2. The summed E-state index contributed by atoms with van der Waals surface area (Å²) in [5, 5.41) is 11.4. The van der Waals surface area contributed by atoms with Gasteiger partial charge in [-0.25, -0.2) is 9.97 Å². The quantitative estimate of drug-likeness (QED) is 0.518. The molecule has 0 aliphatic carbocycles. The molecule has 3 rings (SSSR count). The Bertz CT molecular complexity index is 878. The Morgan fingerprint density at radius 2 is 1.78 bits per heavy atom. The Balaban J connectivity index is 1.48. The van der Waals surface area contributed by atoms with Crippen molar-refractivity contribution in [3.8, 4) is 10.4 Å². The largest absolute Gasteiger partial charge is 0.370 e. The first-order valence-electron chi connectivity index (χ1n) is 8.91. The molecule has 0 unspecified atom stereocenters. The van der Waals surface area contributed by atoms with Gasteiger partial charge in [-0.1, -0.05) is 18.2 Å². The number of rotatable bonds is 8. The summed E-state index contributed by atoms with van der Waals surface area (Å²) in [6.45, 7) is 5.77. The molecule has 2 heterocycles. The van der Waals surface area contributed by atoms with Gasteiger partial charge in [0, 0.05) is 36.1 Å². The molecule has 0 fully saturated rings. The fraction of sp³-hybridized carbons (Fsp3) is 0.250. The highest BCUT2D eigenvalue weighted by Crippen LogP contribution is 2.24. The van der Waals surface area contributed by atoms with Crippen molar-refractivity contribution in [1.82, 2.24) is 15.3 Å². The van der Waals surface area contributed by atoms with Crippen molar-refractivity contribution in [2.45, 2.75) is 13.8 Å². The van der Waals surface area contributed by atoms with E-state index >= 15 is 0 Å². The third-order valence-electron chi connectivity index (χ3n) is 3.87. The number of thiophene rings is 1. The number of hydrogen-bond donors (Lipinski definition) is 3. The van der Waals surface area contributed by atoms with E-state index in [1.807, 2.05) is 55.6 Å². The fourth-order valence-electron chi connectivity index (χ4n) is 2.63. The van der Waals surface area contributed by atoms with Crippen molar-refractivity contribution >= 4 is 28.9 Å². The van der Waals surface area contributed by atoms with Crippen LogP contribution in [0.25, 0.3) is 10.4 Å². The first-order valence-corrected chi connectivity index (χ1v) is 9.79. The summed E-state index contributed by atoms with van der Waals surface area (Å²) in [6, 6.07) is 13.6. The molecule has 0 aliphatic heterocycles. The van der Waals surface area contributed by atoms with Gasteiger partial charge in [-0.2, -0.15) is 0 Å². The van der Waals surface area contributed by atoms with Gasteiger partial charge in [-0.15, -0.1) is 11.3 Å². The van der Waals surface area contributed by atoms with Crippen molar-refractivity contribution in [1.29, 1.82) is 0 Å². The van der Waals surface area contributed by atoms with Crippen LogP contribution in [0.4, 0.5) is 11.6 Å². The van der Waals surface area contributed by atoms with Gasteiger partial charge in [0.25, 0.3) is 5.91 Å². The molecule has 1 amide bonds. The van der Waals surface area contributed by atoms with Crippen molar-refractivity contribution in [2.75, 3.05) is 30.3 Å². The minimum atomic E-state index is -0.0817. The van der Waals surface area contributed by atoms with Crippen molar-refractivity contribution in [3.63, 3.8) is 0 Å². The molecule has 0 atom stereocenters. The number of benzene rings is 1. The Kier molecular flexibility index (Phi) is 6.38. The lowest BCUT2D eigenvalue weighted by atomic mass is 10.1. The van der Waals surface area contributed by atoms with Crippen molar-refractivity contribution < 1.29 is 4.79 Å². The van der Waals surface area contributed by atoms with E-state index in [1.165, 1.54) is 4.88 Å². The van der Waals surface area contributed by atoms with Gasteiger partial charge in [0.2, 0.25) is 0 Å². The van der Waals surface area contributed by atoms with E-state index in [0.717, 1.165) is 23.7 Å². The number of anilines is 2. The fourth-order valence-corrected chi connectivity index (χ4v) is 3.36. The lowest BCUT2D eigenvalue weighted by Gasteiger charge is -2.10. The van der Waals surface area contributed by atoms with Gasteiger partial charge in [0.05, 0.1) is 0 Å². The van der Waals surface area contributed by atoms with E-state index in [2.05, 4.69) is 32.0 Å². The van der Waals surface area contributed by atoms with Gasteiger partial charge in [-0.05, 0) is 43.0 Å². The summed E-state index contributed by atoms with van der Waals surface area (Å²) in [4.78, 5) is 22.1. The average molecular weight is 382 g/mol. The van der Waals surface area contributed by atoms with E-state index in [4.69, 9.17) is 0 Å². The summed E-state index contributed by atoms with van der Waals surface area (Å²) in [5.41, 5.74) is 1.78. The Labute approximate surface area is 163 Å². The van der Waals surface area contributed by atoms with Gasteiger partial charge in [-0.3, -0.25) is 4.79 Å². The van der Waals surface area contributed by atoms with Crippen LogP contribution in [0.15, 0.2) is 47.8 Å². The number of amides is 1. The number of nitrogens with zero attached hydrogens (tertiary/aromatic N) is 2. The number of aryl methyl sites for hydroxylation is 1. The maximum atomic E-state index is 12.3. The Hall–Kier alpha value is -2.93. The summed E-state index contributed by atoms with van der Waals surface area (Å²) in [6.07, 6.45) is 0. The predicted molar refractivity (Wildman–Crippen MR) is 112 cm³/mol. The molecule has 6 nitrogen and oxygen atoms in total. The van der Waals surface area contributed by atoms with Crippen LogP contribution in [0, 0.1) is 6.92 Å². The van der Waals surface area contributed by atoms with Gasteiger partial charge in [0.1, 0.15) is 17.5 Å². The second-order valence-electron chi connectivity index (χ2n) is 5.95. The first kappa shape index (κ1) is 18.8. The topological polar surface area (TPSA) is 78.9 Å². The highest BCUT2D eigenvalue weighted by atomic mass is 32.1. The van der Waals surface area contributed by atoms with Crippen LogP contribution in [0.5, 0.6) is 0 Å². The zero-order valence-electron chi connectivity index (χ0n) is 15.5. The Morgan fingerprint density at radius 1 is 1.04 bits per heavy atom. The summed E-state index contributed by atoms with van der Waals surface area (Å²) in [7, 11) is 0. The van der Waals surface area contributed by atoms with E-state index in [9.17, 15) is 4.79 Å². The summed E-state index contributed by atoms with van der Waals surface area (Å²) < 4.78 is 0. The SMILES string of the molecule is CCNc1cc(NCCNC(=O)c2ccc(-c3cccs3)cc2)nc(C)n1. The van der Waals surface area contributed by atoms with Crippen molar-refractivity contribution in [3.05, 3.63) is 59.2 Å². The second-order valence-corrected chi connectivity index (χ2v) is 6.90. The van der Waals surface area contributed by atoms with Gasteiger partial charge >= 0.3 is 0 Å². The van der Waals surface area contributed by atoms with Crippen molar-refractivity contribution in [2.24, 2.45) is 0 Å². The minimum Gasteiger partial charge on any atom is -0.370 e. The van der Waals surface area contributed by atoms with E-state index < -0.39 is 0 Å². The second kappa shape index (κ2) is 9.14. The number of carbonyl (C=O) groups excluding carboxylic acids is 1. The smallest absolute Gasteiger partial charge is 0.251 e. The molecule has 3 aromatic rings. The molecule has 0 radical (unpaired) electrons. The van der Waals surface area contributed by atoms with E-state index in [-0.39, 0.29) is 5.91 Å². The lowest BCUT2D eigenvalue weighted by Crippen LogP contribution is -2.28. The standard InChI is InChI=1S/C20H23N5OS/c1-3-21-18-13-19(25-14(2)24-18)22-10-11-23-20(26)16-8-6-15(7-9-16)17-5-4-12-27-17/h4-9,12-13H,3,10-11H2,1-2H3,(H,23,26)(H2,21,22,24,25). The zero-order chi connectivity index (χ0) is 19.1. The molecule has 27 heavy (non-hydrogen) atoms. The van der Waals surface area contributed by atoms with Gasteiger partial charge < -0.3 is 16.0 Å². The van der Waals surface area contributed by atoms with Crippen LogP contribution < -0.4 is 16.0 Å². The monoisotopic (exact) mass is 381 g/mol. The molecule has 0 aliphatic rings.